The number of morpholine rings is 1. The topological polar surface area (TPSA) is 103 Å². The van der Waals surface area contributed by atoms with Gasteiger partial charge in [0.25, 0.3) is 5.91 Å². The number of aromatic nitrogens is 2. The zero-order valence-corrected chi connectivity index (χ0v) is 14.6. The zero-order valence-electron chi connectivity index (χ0n) is 14.6. The highest BCUT2D eigenvalue weighted by atomic mass is 16.5. The molecule has 2 aromatic rings. The highest BCUT2D eigenvalue weighted by molar-refractivity contribution is 6.04. The van der Waals surface area contributed by atoms with Gasteiger partial charge < -0.3 is 14.8 Å². The van der Waals surface area contributed by atoms with E-state index in [1.807, 2.05) is 0 Å². The van der Waals surface area contributed by atoms with E-state index in [2.05, 4.69) is 26.5 Å². The lowest BCUT2D eigenvalue weighted by atomic mass is 10.2. The Hall–Kier alpha value is -2.89. The van der Waals surface area contributed by atoms with Crippen molar-refractivity contribution in [1.82, 2.24) is 15.1 Å². The fourth-order valence-electron chi connectivity index (χ4n) is 2.71. The highest BCUT2D eigenvalue weighted by Crippen LogP contribution is 2.23. The van der Waals surface area contributed by atoms with Gasteiger partial charge in [-0.15, -0.1) is 0 Å². The molecule has 0 spiro atoms. The van der Waals surface area contributed by atoms with Crippen molar-refractivity contribution in [2.75, 3.05) is 44.8 Å². The Kier molecular flexibility index (Phi) is 5.84. The molecule has 1 fully saturated rings. The summed E-state index contributed by atoms with van der Waals surface area (Å²) in [5.74, 6) is 0.236. The number of aromatic amines is 1. The van der Waals surface area contributed by atoms with Crippen molar-refractivity contribution < 1.29 is 14.3 Å². The predicted molar refractivity (Wildman–Crippen MR) is 95.2 cm³/mol. The first kappa shape index (κ1) is 17.9. The van der Waals surface area contributed by atoms with E-state index >= 15 is 0 Å². The highest BCUT2D eigenvalue weighted by Gasteiger charge is 2.13. The van der Waals surface area contributed by atoms with E-state index in [0.29, 0.717) is 34.9 Å². The summed E-state index contributed by atoms with van der Waals surface area (Å²) in [6.07, 6.45) is 1.47. The second-order valence-electron chi connectivity index (χ2n) is 5.99. The van der Waals surface area contributed by atoms with Crippen LogP contribution in [0.4, 0.5) is 5.69 Å². The third-order valence-electron chi connectivity index (χ3n) is 4.20. The van der Waals surface area contributed by atoms with Gasteiger partial charge in [-0.1, -0.05) is 0 Å². The molecule has 0 bridgehead atoms. The van der Waals surface area contributed by atoms with Gasteiger partial charge in [-0.2, -0.15) is 10.4 Å². The molecule has 0 unspecified atom stereocenters. The van der Waals surface area contributed by atoms with E-state index < -0.39 is 0 Å². The molecule has 0 saturated carbocycles. The molecule has 136 valence electrons. The molecular weight excluding hydrogens is 334 g/mol. The molecule has 2 N–H and O–H groups in total. The van der Waals surface area contributed by atoms with Crippen molar-refractivity contribution in [1.29, 1.82) is 5.26 Å². The first-order valence-electron chi connectivity index (χ1n) is 8.46. The molecule has 1 aromatic carbocycles. The number of rotatable bonds is 6. The molecule has 1 saturated heterocycles. The van der Waals surface area contributed by atoms with Crippen LogP contribution in [0.1, 0.15) is 21.6 Å². The largest absolute Gasteiger partial charge is 0.491 e. The number of carbonyl (C=O) groups excluding carboxylic acids is 1. The SMILES string of the molecule is Cc1[nH]ncc1C(=O)Nc1ccc(OCCN2CCOCC2)c(C#N)c1. The number of hydrogen-bond donors (Lipinski definition) is 2. The van der Waals surface area contributed by atoms with Crippen LogP contribution < -0.4 is 10.1 Å². The van der Waals surface area contributed by atoms with Gasteiger partial charge in [0.05, 0.1) is 30.5 Å². The maximum atomic E-state index is 12.2. The van der Waals surface area contributed by atoms with Gasteiger partial charge in [0.1, 0.15) is 18.4 Å². The molecular formula is C18H21N5O3. The summed E-state index contributed by atoms with van der Waals surface area (Å²) < 4.78 is 11.1. The van der Waals surface area contributed by atoms with Gasteiger partial charge in [-0.25, -0.2) is 0 Å². The second kappa shape index (κ2) is 8.47. The lowest BCUT2D eigenvalue weighted by Crippen LogP contribution is -2.38. The van der Waals surface area contributed by atoms with Crippen LogP contribution in [0.2, 0.25) is 0 Å². The maximum absolute atomic E-state index is 12.2. The minimum Gasteiger partial charge on any atom is -0.491 e. The zero-order chi connectivity index (χ0) is 18.4. The van der Waals surface area contributed by atoms with Gasteiger partial charge in [-0.3, -0.25) is 14.8 Å². The predicted octanol–water partition coefficient (Wildman–Crippen LogP) is 1.55. The van der Waals surface area contributed by atoms with Crippen molar-refractivity contribution >= 4 is 11.6 Å². The molecule has 8 nitrogen and oxygen atoms in total. The average molecular weight is 355 g/mol. The molecule has 26 heavy (non-hydrogen) atoms. The Labute approximate surface area is 151 Å². The molecule has 0 aliphatic carbocycles. The first-order valence-corrected chi connectivity index (χ1v) is 8.46. The van der Waals surface area contributed by atoms with Gasteiger partial charge in [-0.05, 0) is 25.1 Å². The van der Waals surface area contributed by atoms with Crippen LogP contribution in [0.15, 0.2) is 24.4 Å². The van der Waals surface area contributed by atoms with E-state index in [0.717, 1.165) is 32.8 Å². The number of nitrogens with zero attached hydrogens (tertiary/aromatic N) is 3. The summed E-state index contributed by atoms with van der Waals surface area (Å²) in [6.45, 7) is 6.33. The molecule has 1 aliphatic rings. The Morgan fingerprint density at radius 2 is 2.27 bits per heavy atom. The van der Waals surface area contributed by atoms with Crippen LogP contribution in [0.25, 0.3) is 0 Å². The Bertz CT molecular complexity index is 805. The van der Waals surface area contributed by atoms with Crippen molar-refractivity contribution in [3.63, 3.8) is 0 Å². The summed E-state index contributed by atoms with van der Waals surface area (Å²) in [4.78, 5) is 14.5. The number of benzene rings is 1. The van der Waals surface area contributed by atoms with Crippen molar-refractivity contribution in [2.24, 2.45) is 0 Å². The summed E-state index contributed by atoms with van der Waals surface area (Å²) in [5, 5.41) is 18.7. The normalized spacial score (nSPS) is 14.6. The number of amides is 1. The lowest BCUT2D eigenvalue weighted by molar-refractivity contribution is 0.0322. The van der Waals surface area contributed by atoms with Crippen LogP contribution in [0, 0.1) is 18.3 Å². The quantitative estimate of drug-likeness (QED) is 0.815. The number of H-pyrrole nitrogens is 1. The minimum absolute atomic E-state index is 0.277. The third kappa shape index (κ3) is 4.39. The Morgan fingerprint density at radius 3 is 2.96 bits per heavy atom. The van der Waals surface area contributed by atoms with Crippen LogP contribution in [0.3, 0.4) is 0 Å². The number of carbonyl (C=O) groups is 1. The summed E-state index contributed by atoms with van der Waals surface area (Å²) in [7, 11) is 0. The van der Waals surface area contributed by atoms with Crippen molar-refractivity contribution in [2.45, 2.75) is 6.92 Å². The van der Waals surface area contributed by atoms with Gasteiger partial charge >= 0.3 is 0 Å². The molecule has 3 rings (SSSR count). The molecule has 1 aliphatic heterocycles. The number of nitrogens with one attached hydrogen (secondary N) is 2. The van der Waals surface area contributed by atoms with Gasteiger partial charge in [0, 0.05) is 31.0 Å². The van der Waals surface area contributed by atoms with Gasteiger partial charge in [0.15, 0.2) is 0 Å². The molecule has 0 radical (unpaired) electrons. The Morgan fingerprint density at radius 1 is 1.46 bits per heavy atom. The lowest BCUT2D eigenvalue weighted by Gasteiger charge is -2.26. The second-order valence-corrected chi connectivity index (χ2v) is 5.99. The molecule has 2 heterocycles. The maximum Gasteiger partial charge on any atom is 0.259 e. The Balaban J connectivity index is 1.59. The standard InChI is InChI=1S/C18H21N5O3/c1-13-16(12-20-22-13)18(24)21-15-2-3-17(14(10-15)11-19)26-9-6-23-4-7-25-8-5-23/h2-3,10,12H,4-9H2,1H3,(H,20,22)(H,21,24). The molecule has 8 heteroatoms. The van der Waals surface area contributed by atoms with E-state index in [4.69, 9.17) is 9.47 Å². The van der Waals surface area contributed by atoms with Crippen LogP contribution in [0.5, 0.6) is 5.75 Å². The fraction of sp³-hybridized carbons (Fsp3) is 0.389. The van der Waals surface area contributed by atoms with E-state index in [9.17, 15) is 10.1 Å². The van der Waals surface area contributed by atoms with Gasteiger partial charge in [0.2, 0.25) is 0 Å². The number of nitriles is 1. The monoisotopic (exact) mass is 355 g/mol. The van der Waals surface area contributed by atoms with Crippen LogP contribution >= 0.6 is 0 Å². The summed E-state index contributed by atoms with van der Waals surface area (Å²) >= 11 is 0. The number of aryl methyl sites for hydroxylation is 1. The molecule has 0 atom stereocenters. The van der Waals surface area contributed by atoms with Crippen LogP contribution in [-0.4, -0.2) is 60.5 Å². The van der Waals surface area contributed by atoms with E-state index in [-0.39, 0.29) is 5.91 Å². The minimum atomic E-state index is -0.277. The summed E-state index contributed by atoms with van der Waals surface area (Å²) in [5.41, 5.74) is 2.07. The number of hydrogen-bond acceptors (Lipinski definition) is 6. The van der Waals surface area contributed by atoms with Crippen molar-refractivity contribution in [3.05, 3.63) is 41.2 Å². The summed E-state index contributed by atoms with van der Waals surface area (Å²) in [6, 6.07) is 7.15. The smallest absolute Gasteiger partial charge is 0.259 e. The van der Waals surface area contributed by atoms with Crippen LogP contribution in [-0.2, 0) is 4.74 Å². The van der Waals surface area contributed by atoms with E-state index in [1.165, 1.54) is 6.20 Å². The van der Waals surface area contributed by atoms with E-state index in [1.54, 1.807) is 25.1 Å². The first-order chi connectivity index (χ1) is 12.7. The molecule has 1 amide bonds. The third-order valence-corrected chi connectivity index (χ3v) is 4.20. The number of ether oxygens (including phenoxy) is 2. The fourth-order valence-corrected chi connectivity index (χ4v) is 2.71. The number of anilines is 1. The molecule has 1 aromatic heterocycles. The average Bonchev–Trinajstić information content (AvgIpc) is 3.09. The van der Waals surface area contributed by atoms with Crippen molar-refractivity contribution in [3.8, 4) is 11.8 Å².